The lowest BCUT2D eigenvalue weighted by atomic mass is 10.4. The van der Waals surface area contributed by atoms with Gasteiger partial charge in [0.15, 0.2) is 5.69 Å². The molecule has 1 aromatic heterocycles. The number of aliphatic hydroxyl groups excluding tert-OH is 1. The average Bonchev–Trinajstić information content (AvgIpc) is 2.33. The van der Waals surface area contributed by atoms with E-state index in [1.54, 1.807) is 0 Å². The molecule has 1 aromatic rings. The highest BCUT2D eigenvalue weighted by molar-refractivity contribution is 5.53. The minimum absolute atomic E-state index is 0.0803. The van der Waals surface area contributed by atoms with Gasteiger partial charge in [0, 0.05) is 0 Å². The van der Waals surface area contributed by atoms with E-state index in [2.05, 4.69) is 16.8 Å². The molecule has 0 fully saturated rings. The Morgan fingerprint density at radius 1 is 1.91 bits per heavy atom. The average molecular weight is 155 g/mol. The molecule has 1 heterocycles. The second-order valence-electron chi connectivity index (χ2n) is 1.84. The first-order valence-electron chi connectivity index (χ1n) is 2.69. The Morgan fingerprint density at radius 3 is 2.82 bits per heavy atom. The Morgan fingerprint density at radius 2 is 2.55 bits per heavy atom. The lowest BCUT2D eigenvalue weighted by Crippen LogP contribution is -1.86. The molecule has 0 saturated heterocycles. The van der Waals surface area contributed by atoms with Crippen LogP contribution in [0, 0.1) is 10.1 Å². The first-order chi connectivity index (χ1) is 5.11. The predicted octanol–water partition coefficient (Wildman–Crippen LogP) is 0.847. The standard InChI is InChI=1S/C5H5N3O3/c1-3(9)4-2-5(7-6-4)8(10)11/h2,9H,1H2,(H,6,7). The van der Waals surface area contributed by atoms with Crippen molar-refractivity contribution in [2.45, 2.75) is 0 Å². The van der Waals surface area contributed by atoms with Gasteiger partial charge in [-0.05, 0) is 4.92 Å². The summed E-state index contributed by atoms with van der Waals surface area (Å²) >= 11 is 0. The van der Waals surface area contributed by atoms with Gasteiger partial charge < -0.3 is 15.2 Å². The number of aromatic nitrogens is 2. The minimum atomic E-state index is -0.639. The molecule has 0 unspecified atom stereocenters. The molecule has 0 radical (unpaired) electrons. The summed E-state index contributed by atoms with van der Waals surface area (Å²) in [5, 5.41) is 24.3. The Balaban J connectivity index is 2.99. The molecule has 0 aromatic carbocycles. The van der Waals surface area contributed by atoms with Crippen LogP contribution in [0.5, 0.6) is 0 Å². The molecule has 11 heavy (non-hydrogen) atoms. The van der Waals surface area contributed by atoms with Gasteiger partial charge in [-0.3, -0.25) is 0 Å². The maximum atomic E-state index is 10.1. The van der Waals surface area contributed by atoms with Crippen LogP contribution in [0.25, 0.3) is 5.76 Å². The lowest BCUT2D eigenvalue weighted by Gasteiger charge is -1.85. The molecule has 6 nitrogen and oxygen atoms in total. The first-order valence-corrected chi connectivity index (χ1v) is 2.69. The number of H-pyrrole nitrogens is 1. The maximum Gasteiger partial charge on any atom is 0.343 e. The van der Waals surface area contributed by atoms with Crippen molar-refractivity contribution >= 4 is 11.6 Å². The highest BCUT2D eigenvalue weighted by atomic mass is 16.6. The molecule has 0 spiro atoms. The van der Waals surface area contributed by atoms with Gasteiger partial charge in [0.25, 0.3) is 0 Å². The van der Waals surface area contributed by atoms with Crippen molar-refractivity contribution in [2.75, 3.05) is 0 Å². The van der Waals surface area contributed by atoms with Crippen LogP contribution < -0.4 is 0 Å². The quantitative estimate of drug-likeness (QED) is 0.376. The van der Waals surface area contributed by atoms with E-state index in [1.165, 1.54) is 0 Å². The number of nitrogens with one attached hydrogen (secondary N) is 1. The molecular weight excluding hydrogens is 150 g/mol. The third kappa shape index (κ3) is 1.34. The van der Waals surface area contributed by atoms with E-state index in [0.717, 1.165) is 6.07 Å². The Labute approximate surface area is 61.3 Å². The molecule has 0 aliphatic heterocycles. The molecule has 0 amide bonds. The number of nitrogens with zero attached hydrogens (tertiary/aromatic N) is 2. The van der Waals surface area contributed by atoms with Crippen molar-refractivity contribution in [1.29, 1.82) is 0 Å². The molecule has 0 atom stereocenters. The van der Waals surface area contributed by atoms with E-state index < -0.39 is 4.92 Å². The van der Waals surface area contributed by atoms with Gasteiger partial charge in [-0.1, -0.05) is 11.7 Å². The topological polar surface area (TPSA) is 92.0 Å². The predicted molar refractivity (Wildman–Crippen MR) is 36.9 cm³/mol. The summed E-state index contributed by atoms with van der Waals surface area (Å²) in [7, 11) is 0. The second-order valence-corrected chi connectivity index (χ2v) is 1.84. The Bertz CT molecular complexity index is 275. The number of hydrogen-bond acceptors (Lipinski definition) is 4. The van der Waals surface area contributed by atoms with Crippen molar-refractivity contribution in [2.24, 2.45) is 0 Å². The van der Waals surface area contributed by atoms with E-state index in [1.807, 2.05) is 0 Å². The second kappa shape index (κ2) is 2.41. The van der Waals surface area contributed by atoms with Crippen LogP contribution in [0.1, 0.15) is 5.69 Å². The zero-order chi connectivity index (χ0) is 8.43. The summed E-state index contributed by atoms with van der Waals surface area (Å²) in [6.45, 7) is 3.15. The van der Waals surface area contributed by atoms with Gasteiger partial charge >= 0.3 is 5.82 Å². The van der Waals surface area contributed by atoms with Crippen molar-refractivity contribution in [3.63, 3.8) is 0 Å². The van der Waals surface area contributed by atoms with Gasteiger partial charge in [-0.15, -0.1) is 5.10 Å². The SMILES string of the molecule is C=C(O)c1cc([N+](=O)[O-])[nH]n1. The molecular formula is C5H5N3O3. The molecule has 0 aliphatic rings. The zero-order valence-electron chi connectivity index (χ0n) is 5.44. The Hall–Kier alpha value is -1.85. The van der Waals surface area contributed by atoms with E-state index in [-0.39, 0.29) is 17.3 Å². The molecule has 0 bridgehead atoms. The maximum absolute atomic E-state index is 10.1. The smallest absolute Gasteiger partial charge is 0.343 e. The largest absolute Gasteiger partial charge is 0.506 e. The van der Waals surface area contributed by atoms with Crippen LogP contribution in [-0.4, -0.2) is 20.2 Å². The van der Waals surface area contributed by atoms with Gasteiger partial charge in [-0.25, -0.2) is 0 Å². The normalized spacial score (nSPS) is 9.45. The number of rotatable bonds is 2. The minimum Gasteiger partial charge on any atom is -0.506 e. The van der Waals surface area contributed by atoms with Crippen LogP contribution in [0.2, 0.25) is 0 Å². The van der Waals surface area contributed by atoms with Crippen LogP contribution in [0.3, 0.4) is 0 Å². The van der Waals surface area contributed by atoms with Crippen LogP contribution >= 0.6 is 0 Å². The summed E-state index contributed by atoms with van der Waals surface area (Å²) in [5.41, 5.74) is 0.0803. The van der Waals surface area contributed by atoms with Crippen molar-refractivity contribution < 1.29 is 10.0 Å². The van der Waals surface area contributed by atoms with Gasteiger partial charge in [0.2, 0.25) is 0 Å². The third-order valence-electron chi connectivity index (χ3n) is 1.06. The molecule has 0 aliphatic carbocycles. The molecule has 2 N–H and O–H groups in total. The number of aliphatic hydroxyl groups is 1. The van der Waals surface area contributed by atoms with Crippen molar-refractivity contribution in [1.82, 2.24) is 10.2 Å². The molecule has 6 heteroatoms. The fraction of sp³-hybridized carbons (Fsp3) is 0. The number of aromatic amines is 1. The van der Waals surface area contributed by atoms with Crippen molar-refractivity contribution in [3.8, 4) is 0 Å². The fourth-order valence-electron chi connectivity index (χ4n) is 0.553. The summed E-state index contributed by atoms with van der Waals surface area (Å²) in [5.74, 6) is -0.565. The van der Waals surface area contributed by atoms with E-state index in [4.69, 9.17) is 5.11 Å². The van der Waals surface area contributed by atoms with Gasteiger partial charge in [-0.2, -0.15) is 0 Å². The molecule has 0 saturated carbocycles. The fourth-order valence-corrected chi connectivity index (χ4v) is 0.553. The zero-order valence-corrected chi connectivity index (χ0v) is 5.44. The number of nitro groups is 1. The van der Waals surface area contributed by atoms with Gasteiger partial charge in [0.1, 0.15) is 5.76 Å². The molecule has 58 valence electrons. The molecule has 1 rings (SSSR count). The van der Waals surface area contributed by atoms with E-state index >= 15 is 0 Å². The van der Waals surface area contributed by atoms with Crippen LogP contribution in [-0.2, 0) is 0 Å². The number of hydrogen-bond donors (Lipinski definition) is 2. The Kier molecular flexibility index (Phi) is 1.59. The monoisotopic (exact) mass is 155 g/mol. The van der Waals surface area contributed by atoms with E-state index in [0.29, 0.717) is 0 Å². The summed E-state index contributed by atoms with van der Waals surface area (Å²) in [4.78, 5) is 9.42. The van der Waals surface area contributed by atoms with Crippen molar-refractivity contribution in [3.05, 3.63) is 28.5 Å². The highest BCUT2D eigenvalue weighted by Gasteiger charge is 2.10. The van der Waals surface area contributed by atoms with Crippen LogP contribution in [0.15, 0.2) is 12.6 Å². The van der Waals surface area contributed by atoms with Gasteiger partial charge in [0.05, 0.1) is 6.07 Å². The van der Waals surface area contributed by atoms with Crippen LogP contribution in [0.4, 0.5) is 5.82 Å². The summed E-state index contributed by atoms with van der Waals surface area (Å²) < 4.78 is 0. The highest BCUT2D eigenvalue weighted by Crippen LogP contribution is 2.12. The first kappa shape index (κ1) is 7.26. The summed E-state index contributed by atoms with van der Waals surface area (Å²) in [6, 6.07) is 1.10. The lowest BCUT2D eigenvalue weighted by molar-refractivity contribution is -0.389. The van der Waals surface area contributed by atoms with E-state index in [9.17, 15) is 10.1 Å². The third-order valence-corrected chi connectivity index (χ3v) is 1.06. The summed E-state index contributed by atoms with van der Waals surface area (Å²) in [6.07, 6.45) is 0.